The molecule has 23 heavy (non-hydrogen) atoms. The standard InChI is InChI=1S/C17H17NO4S/c1-12(2)22-14-9-7-13(8-10-14)11-18-15-5-3-4-6-16(15)23(20,21)17(18)19/h3-10,12H,11H2,1-2H3. The van der Waals surface area contributed by atoms with Crippen molar-refractivity contribution >= 4 is 20.8 Å². The van der Waals surface area contributed by atoms with Crippen LogP contribution in [0.1, 0.15) is 19.4 Å². The second kappa shape index (κ2) is 5.70. The van der Waals surface area contributed by atoms with E-state index in [-0.39, 0.29) is 17.5 Å². The van der Waals surface area contributed by atoms with E-state index in [9.17, 15) is 13.2 Å². The van der Waals surface area contributed by atoms with E-state index in [0.29, 0.717) is 5.69 Å². The molecule has 0 aliphatic carbocycles. The Balaban J connectivity index is 1.87. The molecular weight excluding hydrogens is 314 g/mol. The predicted octanol–water partition coefficient (Wildman–Crippen LogP) is 3.39. The third-order valence-corrected chi connectivity index (χ3v) is 5.14. The number of carbonyl (C=O) groups excluding carboxylic acids is 1. The molecule has 1 amide bonds. The summed E-state index contributed by atoms with van der Waals surface area (Å²) in [6, 6.07) is 13.7. The van der Waals surface area contributed by atoms with Gasteiger partial charge in [0.2, 0.25) is 0 Å². The molecule has 0 bridgehead atoms. The maximum atomic E-state index is 12.2. The minimum atomic E-state index is -3.92. The maximum Gasteiger partial charge on any atom is 0.348 e. The zero-order chi connectivity index (χ0) is 16.6. The van der Waals surface area contributed by atoms with Crippen LogP contribution < -0.4 is 9.64 Å². The number of anilines is 1. The molecule has 5 nitrogen and oxygen atoms in total. The molecule has 1 heterocycles. The number of nitrogens with zero attached hydrogens (tertiary/aromatic N) is 1. The first-order valence-corrected chi connectivity index (χ1v) is 8.79. The molecule has 1 aliphatic rings. The average Bonchev–Trinajstić information content (AvgIpc) is 2.70. The van der Waals surface area contributed by atoms with Crippen LogP contribution in [0.15, 0.2) is 53.4 Å². The van der Waals surface area contributed by atoms with Crippen molar-refractivity contribution in [2.75, 3.05) is 4.90 Å². The molecular formula is C17H17NO4S. The summed E-state index contributed by atoms with van der Waals surface area (Å²) in [6.45, 7) is 4.09. The summed E-state index contributed by atoms with van der Waals surface area (Å²) in [4.78, 5) is 13.6. The van der Waals surface area contributed by atoms with Crippen LogP contribution in [0.3, 0.4) is 0 Å². The predicted molar refractivity (Wildman–Crippen MR) is 87.4 cm³/mol. The van der Waals surface area contributed by atoms with Gasteiger partial charge in [0.05, 0.1) is 18.3 Å². The Morgan fingerprint density at radius 3 is 2.35 bits per heavy atom. The van der Waals surface area contributed by atoms with Crippen LogP contribution >= 0.6 is 0 Å². The second-order valence-corrected chi connectivity index (χ2v) is 7.43. The molecule has 6 heteroatoms. The monoisotopic (exact) mass is 331 g/mol. The van der Waals surface area contributed by atoms with Crippen LogP contribution in [0.5, 0.6) is 5.75 Å². The van der Waals surface area contributed by atoms with Crippen molar-refractivity contribution in [3.05, 3.63) is 54.1 Å². The molecule has 1 aliphatic heterocycles. The topological polar surface area (TPSA) is 63.7 Å². The molecule has 0 unspecified atom stereocenters. The van der Waals surface area contributed by atoms with Gasteiger partial charge in [-0.1, -0.05) is 24.3 Å². The van der Waals surface area contributed by atoms with Crippen LogP contribution in [-0.4, -0.2) is 19.8 Å². The minimum absolute atomic E-state index is 0.0739. The number of ether oxygens (including phenoxy) is 1. The summed E-state index contributed by atoms with van der Waals surface area (Å²) in [5.74, 6) is 0.740. The van der Waals surface area contributed by atoms with E-state index >= 15 is 0 Å². The third-order valence-electron chi connectivity index (χ3n) is 3.53. The molecule has 2 aromatic rings. The molecule has 0 saturated heterocycles. The van der Waals surface area contributed by atoms with Gasteiger partial charge in [0, 0.05) is 0 Å². The van der Waals surface area contributed by atoms with E-state index in [1.165, 1.54) is 11.0 Å². The quantitative estimate of drug-likeness (QED) is 0.861. The Kier molecular flexibility index (Phi) is 3.85. The normalized spacial score (nSPS) is 15.8. The van der Waals surface area contributed by atoms with Gasteiger partial charge in [-0.2, -0.15) is 0 Å². The highest BCUT2D eigenvalue weighted by atomic mass is 32.2. The summed E-state index contributed by atoms with van der Waals surface area (Å²) in [7, 11) is -3.92. The van der Waals surface area contributed by atoms with Crippen molar-refractivity contribution in [1.29, 1.82) is 0 Å². The molecule has 3 rings (SSSR count). The second-order valence-electron chi connectivity index (χ2n) is 5.63. The first-order valence-electron chi connectivity index (χ1n) is 7.31. The van der Waals surface area contributed by atoms with Crippen molar-refractivity contribution in [2.45, 2.75) is 31.4 Å². The fourth-order valence-electron chi connectivity index (χ4n) is 2.52. The molecule has 0 saturated carbocycles. The number of carbonyl (C=O) groups is 1. The van der Waals surface area contributed by atoms with Gasteiger partial charge in [-0.05, 0) is 43.7 Å². The van der Waals surface area contributed by atoms with Gasteiger partial charge in [-0.3, -0.25) is 9.69 Å². The van der Waals surface area contributed by atoms with Crippen molar-refractivity contribution < 1.29 is 17.9 Å². The van der Waals surface area contributed by atoms with Gasteiger partial charge < -0.3 is 4.74 Å². The maximum absolute atomic E-state index is 12.2. The summed E-state index contributed by atoms with van der Waals surface area (Å²) >= 11 is 0. The minimum Gasteiger partial charge on any atom is -0.491 e. The van der Waals surface area contributed by atoms with E-state index in [2.05, 4.69) is 0 Å². The number of hydrogen-bond donors (Lipinski definition) is 0. The lowest BCUT2D eigenvalue weighted by atomic mass is 10.2. The van der Waals surface area contributed by atoms with Gasteiger partial charge in [-0.25, -0.2) is 8.42 Å². The summed E-state index contributed by atoms with van der Waals surface area (Å²) in [6.07, 6.45) is 0.0815. The van der Waals surface area contributed by atoms with Crippen LogP contribution in [0.2, 0.25) is 0 Å². The fraction of sp³-hybridized carbons (Fsp3) is 0.235. The highest BCUT2D eigenvalue weighted by Crippen LogP contribution is 2.36. The number of benzene rings is 2. The van der Waals surface area contributed by atoms with Crippen molar-refractivity contribution in [3.63, 3.8) is 0 Å². The molecule has 0 atom stereocenters. The van der Waals surface area contributed by atoms with Gasteiger partial charge in [0.1, 0.15) is 10.6 Å². The van der Waals surface area contributed by atoms with Crippen LogP contribution in [0, 0.1) is 0 Å². The molecule has 0 radical (unpaired) electrons. The molecule has 120 valence electrons. The zero-order valence-electron chi connectivity index (χ0n) is 12.9. The lowest BCUT2D eigenvalue weighted by Crippen LogP contribution is -2.27. The van der Waals surface area contributed by atoms with E-state index in [1.807, 2.05) is 38.1 Å². The number of para-hydroxylation sites is 1. The van der Waals surface area contributed by atoms with Gasteiger partial charge >= 0.3 is 5.24 Å². The summed E-state index contributed by atoms with van der Waals surface area (Å²) in [5.41, 5.74) is 1.27. The van der Waals surface area contributed by atoms with Crippen LogP contribution in [0.25, 0.3) is 0 Å². The van der Waals surface area contributed by atoms with E-state index < -0.39 is 15.1 Å². The Morgan fingerprint density at radius 2 is 1.70 bits per heavy atom. The average molecular weight is 331 g/mol. The Bertz CT molecular complexity index is 841. The van der Waals surface area contributed by atoms with Gasteiger partial charge in [0.15, 0.2) is 0 Å². The highest BCUT2D eigenvalue weighted by Gasteiger charge is 2.41. The first kappa shape index (κ1) is 15.6. The molecule has 0 N–H and O–H groups in total. The number of sulfone groups is 1. The van der Waals surface area contributed by atoms with Crippen molar-refractivity contribution in [2.24, 2.45) is 0 Å². The van der Waals surface area contributed by atoms with Crippen molar-refractivity contribution in [1.82, 2.24) is 0 Å². The Labute approximate surface area is 135 Å². The van der Waals surface area contributed by atoms with Crippen molar-refractivity contribution in [3.8, 4) is 5.75 Å². The van der Waals surface area contributed by atoms with Gasteiger partial charge in [0.25, 0.3) is 9.84 Å². The fourth-order valence-corrected chi connectivity index (χ4v) is 3.88. The number of rotatable bonds is 4. The molecule has 0 spiro atoms. The Morgan fingerprint density at radius 1 is 1.04 bits per heavy atom. The lowest BCUT2D eigenvalue weighted by molar-refractivity contribution is 0.242. The zero-order valence-corrected chi connectivity index (χ0v) is 13.7. The highest BCUT2D eigenvalue weighted by molar-refractivity contribution is 8.07. The summed E-state index contributed by atoms with van der Waals surface area (Å²) < 4.78 is 29.9. The van der Waals surface area contributed by atoms with Gasteiger partial charge in [-0.15, -0.1) is 0 Å². The largest absolute Gasteiger partial charge is 0.491 e. The number of amides is 1. The molecule has 0 aromatic heterocycles. The molecule has 2 aromatic carbocycles. The Hall–Kier alpha value is -2.34. The van der Waals surface area contributed by atoms with E-state index in [4.69, 9.17) is 4.74 Å². The SMILES string of the molecule is CC(C)Oc1ccc(CN2C(=O)S(=O)(=O)c3ccccc32)cc1. The van der Waals surface area contributed by atoms with E-state index in [0.717, 1.165) is 11.3 Å². The summed E-state index contributed by atoms with van der Waals surface area (Å²) in [5, 5.41) is -0.874. The first-order chi connectivity index (χ1) is 10.9. The van der Waals surface area contributed by atoms with E-state index in [1.54, 1.807) is 18.2 Å². The smallest absolute Gasteiger partial charge is 0.348 e. The van der Waals surface area contributed by atoms with Crippen LogP contribution in [-0.2, 0) is 16.4 Å². The van der Waals surface area contributed by atoms with Crippen LogP contribution in [0.4, 0.5) is 10.5 Å². The third kappa shape index (κ3) is 2.82. The molecule has 0 fully saturated rings. The number of hydrogen-bond acceptors (Lipinski definition) is 4. The lowest BCUT2D eigenvalue weighted by Gasteiger charge is -2.16. The number of fused-ring (bicyclic) bond motifs is 1.